The zero-order valence-corrected chi connectivity index (χ0v) is 17.5. The van der Waals surface area contributed by atoms with Crippen molar-refractivity contribution in [3.63, 3.8) is 0 Å². The van der Waals surface area contributed by atoms with Gasteiger partial charge in [-0.15, -0.1) is 23.5 Å². The number of likely N-dealkylation sites (tertiary alicyclic amines) is 1. The molecule has 0 aromatic rings. The summed E-state index contributed by atoms with van der Waals surface area (Å²) in [7, 11) is 0. The minimum Gasteiger partial charge on any atom is -0.298 e. The van der Waals surface area contributed by atoms with Gasteiger partial charge in [0.05, 0.1) is 22.8 Å². The zero-order valence-electron chi connectivity index (χ0n) is 15.9. The van der Waals surface area contributed by atoms with Crippen LogP contribution in [0.1, 0.15) is 34.1 Å². The fourth-order valence-corrected chi connectivity index (χ4v) is 7.32. The molecule has 2 bridgehead atoms. The Hall–Kier alpha value is -1.34. The zero-order chi connectivity index (χ0) is 19.8. The van der Waals surface area contributed by atoms with Crippen LogP contribution >= 0.6 is 23.5 Å². The Morgan fingerprint density at radius 3 is 2.15 bits per heavy atom. The first kappa shape index (κ1) is 19.0. The molecule has 3 heterocycles. The van der Waals surface area contributed by atoms with Gasteiger partial charge in [-0.1, -0.05) is 18.2 Å². The molecule has 3 atom stereocenters. The summed E-state index contributed by atoms with van der Waals surface area (Å²) in [6.07, 6.45) is 5.49. The number of rotatable bonds is 2. The second-order valence-corrected chi connectivity index (χ2v) is 12.1. The molecular formula is C20H23NO4S2. The molecule has 3 unspecified atom stereocenters. The van der Waals surface area contributed by atoms with E-state index in [1.165, 1.54) is 16.7 Å². The molecular weight excluding hydrogens is 382 g/mol. The van der Waals surface area contributed by atoms with Crippen LogP contribution in [-0.4, -0.2) is 55.3 Å². The highest BCUT2D eigenvalue weighted by molar-refractivity contribution is 8.02. The number of imide groups is 1. The van der Waals surface area contributed by atoms with Gasteiger partial charge in [0.15, 0.2) is 5.78 Å². The van der Waals surface area contributed by atoms with Gasteiger partial charge in [-0.05, 0) is 34.1 Å². The topological polar surface area (TPSA) is 71.5 Å². The number of allylic oxidation sites excluding steroid dienone is 2. The SMILES string of the molecule is CC1(C)SCC(=O)C1N1C(=O)C2=CC=CC(C3C(=O)CSC3(C)C)(C2)C1=O. The number of carbonyl (C=O) groups excluding carboxylic acids is 4. The van der Waals surface area contributed by atoms with Crippen LogP contribution in [0.4, 0.5) is 0 Å². The van der Waals surface area contributed by atoms with Gasteiger partial charge in [0.1, 0.15) is 11.8 Å². The third-order valence-electron chi connectivity index (χ3n) is 6.21. The van der Waals surface area contributed by atoms with Gasteiger partial charge >= 0.3 is 0 Å². The number of thioether (sulfide) groups is 2. The quantitative estimate of drug-likeness (QED) is 0.657. The van der Waals surface area contributed by atoms with Crippen LogP contribution in [0.25, 0.3) is 0 Å². The average molecular weight is 406 g/mol. The summed E-state index contributed by atoms with van der Waals surface area (Å²) in [5.74, 6) is -0.668. The molecule has 0 N–H and O–H groups in total. The first-order chi connectivity index (χ1) is 12.5. The predicted octanol–water partition coefficient (Wildman–Crippen LogP) is 2.40. The van der Waals surface area contributed by atoms with Crippen LogP contribution in [-0.2, 0) is 19.2 Å². The molecule has 27 heavy (non-hydrogen) atoms. The van der Waals surface area contributed by atoms with Crippen LogP contribution in [0.15, 0.2) is 23.8 Å². The summed E-state index contributed by atoms with van der Waals surface area (Å²) >= 11 is 3.02. The standard InChI is InChI=1S/C20H23NO4S2/c1-18(2)14(12(22)9-26-18)20-7-5-6-11(8-20)16(24)21(17(20)25)15-13(23)10-27-19(15,3)4/h5-7,14-15H,8-10H2,1-4H3. The molecule has 4 rings (SSSR count). The Morgan fingerprint density at radius 2 is 1.59 bits per heavy atom. The van der Waals surface area contributed by atoms with Crippen molar-refractivity contribution in [1.82, 2.24) is 4.90 Å². The number of ketones is 2. The molecule has 3 fully saturated rings. The lowest BCUT2D eigenvalue weighted by Gasteiger charge is -2.49. The molecule has 3 aliphatic heterocycles. The maximum atomic E-state index is 13.8. The van der Waals surface area contributed by atoms with Crippen molar-refractivity contribution in [3.8, 4) is 0 Å². The van der Waals surface area contributed by atoms with Gasteiger partial charge in [-0.3, -0.25) is 24.1 Å². The van der Waals surface area contributed by atoms with Crippen molar-refractivity contribution in [2.45, 2.75) is 49.7 Å². The molecule has 1 aliphatic carbocycles. The van der Waals surface area contributed by atoms with E-state index in [4.69, 9.17) is 0 Å². The Bertz CT molecular complexity index is 841. The molecule has 0 aromatic heterocycles. The van der Waals surface area contributed by atoms with E-state index in [2.05, 4.69) is 0 Å². The highest BCUT2D eigenvalue weighted by atomic mass is 32.2. The van der Waals surface area contributed by atoms with E-state index in [1.54, 1.807) is 30.0 Å². The normalized spacial score (nSPS) is 37.2. The van der Waals surface area contributed by atoms with E-state index in [9.17, 15) is 19.2 Å². The van der Waals surface area contributed by atoms with Crippen LogP contribution in [0.5, 0.6) is 0 Å². The van der Waals surface area contributed by atoms with E-state index >= 15 is 0 Å². The summed E-state index contributed by atoms with van der Waals surface area (Å²) in [6.45, 7) is 7.77. The Kier molecular flexibility index (Phi) is 4.10. The van der Waals surface area contributed by atoms with E-state index in [0.717, 1.165) is 0 Å². The number of hydrogen-bond donors (Lipinski definition) is 0. The lowest BCUT2D eigenvalue weighted by molar-refractivity contribution is -0.162. The smallest absolute Gasteiger partial charge is 0.257 e. The summed E-state index contributed by atoms with van der Waals surface area (Å²) in [5, 5.41) is 0. The number of carbonyl (C=O) groups is 4. The molecule has 2 amide bonds. The van der Waals surface area contributed by atoms with E-state index < -0.39 is 26.9 Å². The molecule has 0 radical (unpaired) electrons. The largest absolute Gasteiger partial charge is 0.298 e. The summed E-state index contributed by atoms with van der Waals surface area (Å²) in [6, 6.07) is -0.788. The molecule has 144 valence electrons. The second-order valence-electron chi connectivity index (χ2n) is 8.80. The molecule has 5 nitrogen and oxygen atoms in total. The summed E-state index contributed by atoms with van der Waals surface area (Å²) in [4.78, 5) is 53.6. The average Bonchev–Trinajstić information content (AvgIpc) is 3.02. The number of amides is 2. The molecule has 0 aromatic carbocycles. The Morgan fingerprint density at radius 1 is 0.963 bits per heavy atom. The molecule has 7 heteroatoms. The van der Waals surface area contributed by atoms with E-state index in [0.29, 0.717) is 17.1 Å². The van der Waals surface area contributed by atoms with Gasteiger partial charge in [0.25, 0.3) is 5.91 Å². The highest BCUT2D eigenvalue weighted by Crippen LogP contribution is 2.56. The Balaban J connectivity index is 1.86. The van der Waals surface area contributed by atoms with Crippen LogP contribution in [0.3, 0.4) is 0 Å². The first-order valence-electron chi connectivity index (χ1n) is 9.11. The van der Waals surface area contributed by atoms with Crippen LogP contribution in [0, 0.1) is 11.3 Å². The maximum Gasteiger partial charge on any atom is 0.257 e. The molecule has 0 spiro atoms. The van der Waals surface area contributed by atoms with Crippen LogP contribution < -0.4 is 0 Å². The lowest BCUT2D eigenvalue weighted by atomic mass is 9.61. The minimum absolute atomic E-state index is 0.0462. The molecule has 3 saturated heterocycles. The molecule has 0 saturated carbocycles. The fraction of sp³-hybridized carbons (Fsp3) is 0.600. The fourth-order valence-electron chi connectivity index (χ4n) is 5.07. The number of Topliss-reactive ketones (excluding diaryl/α,β-unsaturated/α-hetero) is 2. The van der Waals surface area contributed by atoms with Gasteiger partial charge in [-0.2, -0.15) is 0 Å². The lowest BCUT2D eigenvalue weighted by Crippen LogP contribution is -2.64. The van der Waals surface area contributed by atoms with Gasteiger partial charge in [-0.25, -0.2) is 0 Å². The highest BCUT2D eigenvalue weighted by Gasteiger charge is 2.64. The van der Waals surface area contributed by atoms with Gasteiger partial charge in [0.2, 0.25) is 5.91 Å². The summed E-state index contributed by atoms with van der Waals surface area (Å²) in [5.41, 5.74) is -0.566. The van der Waals surface area contributed by atoms with Crippen molar-refractivity contribution >= 4 is 46.9 Å². The monoisotopic (exact) mass is 405 g/mol. The van der Waals surface area contributed by atoms with Crippen molar-refractivity contribution in [3.05, 3.63) is 23.8 Å². The van der Waals surface area contributed by atoms with E-state index in [-0.39, 0.29) is 29.8 Å². The maximum absolute atomic E-state index is 13.8. The van der Waals surface area contributed by atoms with Crippen molar-refractivity contribution in [2.24, 2.45) is 11.3 Å². The number of piperidine rings is 1. The first-order valence-corrected chi connectivity index (χ1v) is 11.1. The van der Waals surface area contributed by atoms with Gasteiger partial charge in [0, 0.05) is 15.1 Å². The third kappa shape index (κ3) is 2.54. The number of fused-ring (bicyclic) bond motifs is 2. The predicted molar refractivity (Wildman–Crippen MR) is 106 cm³/mol. The third-order valence-corrected chi connectivity index (χ3v) is 9.02. The minimum atomic E-state index is -1.08. The second kappa shape index (κ2) is 5.83. The van der Waals surface area contributed by atoms with Crippen LogP contribution in [0.2, 0.25) is 0 Å². The number of hydrogen-bond acceptors (Lipinski definition) is 6. The summed E-state index contributed by atoms with van der Waals surface area (Å²) < 4.78 is -0.945. The van der Waals surface area contributed by atoms with Crippen molar-refractivity contribution in [2.75, 3.05) is 11.5 Å². The van der Waals surface area contributed by atoms with Crippen molar-refractivity contribution < 1.29 is 19.2 Å². The number of nitrogens with zero attached hydrogens (tertiary/aromatic N) is 1. The van der Waals surface area contributed by atoms with Gasteiger partial charge < -0.3 is 0 Å². The van der Waals surface area contributed by atoms with Crippen molar-refractivity contribution in [1.29, 1.82) is 0 Å². The van der Waals surface area contributed by atoms with E-state index in [1.807, 2.05) is 27.7 Å². The Labute approximate surface area is 167 Å². The molecule has 4 aliphatic rings.